The molecule has 7 heteroatoms. The third-order valence-electron chi connectivity index (χ3n) is 4.26. The van der Waals surface area contributed by atoms with Gasteiger partial charge in [0.1, 0.15) is 5.75 Å². The molecule has 1 amide bonds. The Hall–Kier alpha value is -2.64. The minimum atomic E-state index is -1.06. The van der Waals surface area contributed by atoms with Gasteiger partial charge >= 0.3 is 5.97 Å². The van der Waals surface area contributed by atoms with E-state index < -0.39 is 12.1 Å². The summed E-state index contributed by atoms with van der Waals surface area (Å²) in [5.41, 5.74) is 2.46. The smallest absolute Gasteiger partial charge is 0.344 e. The fraction of sp³-hybridized carbons (Fsp3) is 0.190. The van der Waals surface area contributed by atoms with Gasteiger partial charge in [0, 0.05) is 5.56 Å². The fourth-order valence-corrected chi connectivity index (χ4v) is 4.07. The highest BCUT2D eigenvalue weighted by Gasteiger charge is 2.34. The molecule has 0 aromatic heterocycles. The molecule has 2 aromatic carbocycles. The first-order chi connectivity index (χ1) is 13.4. The van der Waals surface area contributed by atoms with Crippen LogP contribution < -0.4 is 9.64 Å². The number of para-hydroxylation sites is 2. The quantitative estimate of drug-likeness (QED) is 0.555. The van der Waals surface area contributed by atoms with Crippen molar-refractivity contribution in [1.82, 2.24) is 0 Å². The molecular weight excluding hydrogens is 394 g/mol. The van der Waals surface area contributed by atoms with Crippen molar-refractivity contribution in [2.45, 2.75) is 26.4 Å². The Morgan fingerprint density at radius 3 is 2.64 bits per heavy atom. The van der Waals surface area contributed by atoms with Gasteiger partial charge in [-0.3, -0.25) is 9.69 Å². The fourth-order valence-electron chi connectivity index (χ4n) is 2.79. The van der Waals surface area contributed by atoms with Crippen LogP contribution in [0.4, 0.5) is 5.69 Å². The molecular formula is C21H19NO4S2. The van der Waals surface area contributed by atoms with E-state index in [4.69, 9.17) is 22.1 Å². The maximum atomic E-state index is 13.0. The second-order valence-electron chi connectivity index (χ2n) is 6.14. The Bertz CT molecular complexity index is 970. The van der Waals surface area contributed by atoms with Crippen molar-refractivity contribution in [2.75, 3.05) is 4.90 Å². The number of rotatable bonds is 6. The number of thioether (sulfide) groups is 1. The van der Waals surface area contributed by atoms with E-state index in [1.165, 1.54) is 18.7 Å². The summed E-state index contributed by atoms with van der Waals surface area (Å²) in [5, 5.41) is 9.08. The topological polar surface area (TPSA) is 66.8 Å². The monoisotopic (exact) mass is 413 g/mol. The van der Waals surface area contributed by atoms with E-state index >= 15 is 0 Å². The Morgan fingerprint density at radius 1 is 1.25 bits per heavy atom. The molecule has 2 aromatic rings. The lowest BCUT2D eigenvalue weighted by atomic mass is 10.1. The number of carbonyl (C=O) groups excluding carboxylic acids is 1. The maximum Gasteiger partial charge on any atom is 0.344 e. The standard InChI is InChI=1S/C21H19NO4S2/c1-3-14-8-4-6-10-16(14)22-19(23)18(28-21(22)27)12-15-9-5-7-11-17(15)26-13(2)20(24)25/h4-13H,3H2,1-2H3,(H,24,25)/b18-12+. The zero-order valence-electron chi connectivity index (χ0n) is 15.4. The molecule has 1 aliphatic rings. The number of aliphatic carboxylic acids is 1. The maximum absolute atomic E-state index is 13.0. The van der Waals surface area contributed by atoms with Crippen LogP contribution in [0.2, 0.25) is 0 Å². The molecule has 28 heavy (non-hydrogen) atoms. The highest BCUT2D eigenvalue weighted by atomic mass is 32.2. The van der Waals surface area contributed by atoms with E-state index in [0.29, 0.717) is 20.5 Å². The summed E-state index contributed by atoms with van der Waals surface area (Å²) in [4.78, 5) is 26.2. The van der Waals surface area contributed by atoms with Crippen LogP contribution in [0.25, 0.3) is 6.08 Å². The molecule has 1 unspecified atom stereocenters. The van der Waals surface area contributed by atoms with Crippen LogP contribution in [0.15, 0.2) is 53.4 Å². The van der Waals surface area contributed by atoms with E-state index in [0.717, 1.165) is 17.7 Å². The molecule has 0 spiro atoms. The number of amides is 1. The Balaban J connectivity index is 1.94. The molecule has 0 saturated carbocycles. The number of benzene rings is 2. The van der Waals surface area contributed by atoms with E-state index in [1.807, 2.05) is 31.2 Å². The van der Waals surface area contributed by atoms with Crippen LogP contribution in [0, 0.1) is 0 Å². The molecule has 1 saturated heterocycles. The molecule has 1 heterocycles. The molecule has 1 N–H and O–H groups in total. The lowest BCUT2D eigenvalue weighted by Crippen LogP contribution is -2.28. The Kier molecular flexibility index (Phi) is 6.16. The zero-order chi connectivity index (χ0) is 20.3. The van der Waals surface area contributed by atoms with Crippen molar-refractivity contribution >= 4 is 51.9 Å². The van der Waals surface area contributed by atoms with E-state index in [9.17, 15) is 9.59 Å². The third kappa shape index (κ3) is 4.10. The lowest BCUT2D eigenvalue weighted by molar-refractivity contribution is -0.144. The van der Waals surface area contributed by atoms with Gasteiger partial charge in [-0.25, -0.2) is 4.79 Å². The summed E-state index contributed by atoms with van der Waals surface area (Å²) in [6, 6.07) is 14.7. The predicted octanol–water partition coefficient (Wildman–Crippen LogP) is 4.51. The Morgan fingerprint density at radius 2 is 1.93 bits per heavy atom. The third-order valence-corrected chi connectivity index (χ3v) is 5.57. The van der Waals surface area contributed by atoms with Crippen LogP contribution in [0.3, 0.4) is 0 Å². The van der Waals surface area contributed by atoms with Crippen molar-refractivity contribution in [2.24, 2.45) is 0 Å². The van der Waals surface area contributed by atoms with Crippen LogP contribution in [0.1, 0.15) is 25.0 Å². The molecule has 0 radical (unpaired) electrons. The minimum absolute atomic E-state index is 0.197. The number of carboxylic acids is 1. The Labute approximate surface area is 173 Å². The largest absolute Gasteiger partial charge is 0.479 e. The van der Waals surface area contributed by atoms with E-state index in [2.05, 4.69) is 0 Å². The second kappa shape index (κ2) is 8.58. The van der Waals surface area contributed by atoms with Gasteiger partial charge in [0.25, 0.3) is 5.91 Å². The first-order valence-corrected chi connectivity index (χ1v) is 9.99. The molecule has 1 aliphatic heterocycles. The van der Waals surface area contributed by atoms with Gasteiger partial charge in [-0.1, -0.05) is 67.3 Å². The van der Waals surface area contributed by atoms with Gasteiger partial charge in [-0.15, -0.1) is 0 Å². The number of hydrogen-bond donors (Lipinski definition) is 1. The predicted molar refractivity (Wildman–Crippen MR) is 116 cm³/mol. The van der Waals surface area contributed by atoms with Crippen molar-refractivity contribution < 1.29 is 19.4 Å². The van der Waals surface area contributed by atoms with Gasteiger partial charge in [0.2, 0.25) is 0 Å². The normalized spacial score (nSPS) is 16.5. The van der Waals surface area contributed by atoms with Gasteiger partial charge in [0.05, 0.1) is 10.6 Å². The minimum Gasteiger partial charge on any atom is -0.479 e. The van der Waals surface area contributed by atoms with E-state index in [-0.39, 0.29) is 5.91 Å². The van der Waals surface area contributed by atoms with Crippen LogP contribution >= 0.6 is 24.0 Å². The van der Waals surface area contributed by atoms with Gasteiger partial charge in [-0.05, 0) is 37.1 Å². The van der Waals surface area contributed by atoms with Gasteiger partial charge in [0.15, 0.2) is 10.4 Å². The van der Waals surface area contributed by atoms with Crippen LogP contribution in [0.5, 0.6) is 5.75 Å². The number of nitrogens with zero attached hydrogens (tertiary/aromatic N) is 1. The first-order valence-electron chi connectivity index (χ1n) is 8.76. The number of hydrogen-bond acceptors (Lipinski definition) is 5. The summed E-state index contributed by atoms with van der Waals surface area (Å²) in [6.07, 6.45) is 1.48. The summed E-state index contributed by atoms with van der Waals surface area (Å²) >= 11 is 6.68. The average Bonchev–Trinajstić information content (AvgIpc) is 2.96. The summed E-state index contributed by atoms with van der Waals surface area (Å²) in [7, 11) is 0. The number of anilines is 1. The molecule has 144 valence electrons. The average molecular weight is 414 g/mol. The molecule has 1 atom stereocenters. The van der Waals surface area contributed by atoms with Crippen molar-refractivity contribution in [3.63, 3.8) is 0 Å². The second-order valence-corrected chi connectivity index (χ2v) is 7.81. The van der Waals surface area contributed by atoms with Crippen LogP contribution in [-0.2, 0) is 16.0 Å². The number of carboxylic acid groups (broad SMARTS) is 1. The van der Waals surface area contributed by atoms with Gasteiger partial charge in [-0.2, -0.15) is 0 Å². The summed E-state index contributed by atoms with van der Waals surface area (Å²) in [5.74, 6) is -0.856. The molecule has 0 bridgehead atoms. The first kappa shape index (κ1) is 20.1. The van der Waals surface area contributed by atoms with Crippen LogP contribution in [-0.4, -0.2) is 27.4 Å². The van der Waals surface area contributed by atoms with E-state index in [1.54, 1.807) is 35.2 Å². The zero-order valence-corrected chi connectivity index (χ0v) is 17.0. The number of aryl methyl sites for hydroxylation is 1. The number of ether oxygens (including phenoxy) is 1. The van der Waals surface area contributed by atoms with Crippen molar-refractivity contribution in [1.29, 1.82) is 0 Å². The summed E-state index contributed by atoms with van der Waals surface area (Å²) < 4.78 is 5.98. The highest BCUT2D eigenvalue weighted by molar-refractivity contribution is 8.27. The van der Waals surface area contributed by atoms with Crippen molar-refractivity contribution in [3.05, 3.63) is 64.6 Å². The SMILES string of the molecule is CCc1ccccc1N1C(=O)/C(=C\c2ccccc2OC(C)C(=O)O)SC1=S. The molecule has 5 nitrogen and oxygen atoms in total. The molecule has 3 rings (SSSR count). The van der Waals surface area contributed by atoms with Gasteiger partial charge < -0.3 is 9.84 Å². The number of thiocarbonyl (C=S) groups is 1. The summed E-state index contributed by atoms with van der Waals surface area (Å²) in [6.45, 7) is 3.49. The molecule has 1 fully saturated rings. The number of carbonyl (C=O) groups is 2. The van der Waals surface area contributed by atoms with Crippen molar-refractivity contribution in [3.8, 4) is 5.75 Å². The lowest BCUT2D eigenvalue weighted by Gasteiger charge is -2.18. The highest BCUT2D eigenvalue weighted by Crippen LogP contribution is 2.38. The molecule has 0 aliphatic carbocycles.